The highest BCUT2D eigenvalue weighted by atomic mass is 19.1. The van der Waals surface area contributed by atoms with Gasteiger partial charge in [-0.2, -0.15) is 0 Å². The second-order valence-corrected chi connectivity index (χ2v) is 5.66. The fraction of sp³-hybridized carbons (Fsp3) is 0.833. The first kappa shape index (κ1) is 17.6. The predicted octanol–water partition coefficient (Wildman–Crippen LogP) is 1.65. The average molecular weight is 278 g/mol. The van der Waals surface area contributed by atoms with Gasteiger partial charge in [0.05, 0.1) is 7.11 Å². The lowest BCUT2D eigenvalue weighted by Gasteiger charge is -2.30. The number of alkyl carbamates (subject to hydrolysis) is 1. The van der Waals surface area contributed by atoms with Crippen LogP contribution in [0.4, 0.5) is 9.18 Å². The molecule has 0 aliphatic rings. The van der Waals surface area contributed by atoms with E-state index in [1.165, 1.54) is 28.0 Å². The zero-order valence-electron chi connectivity index (χ0n) is 12.5. The number of carbonyl (C=O) groups excluding carboxylic acids is 2. The van der Waals surface area contributed by atoms with E-state index in [2.05, 4.69) is 5.32 Å². The van der Waals surface area contributed by atoms with E-state index in [-0.39, 0.29) is 0 Å². The van der Waals surface area contributed by atoms with Gasteiger partial charge < -0.3 is 10.1 Å². The molecule has 0 bridgehead atoms. The number of hydroxylamine groups is 2. The highest BCUT2D eigenvalue weighted by Crippen LogP contribution is 2.17. The molecule has 0 radical (unpaired) electrons. The molecule has 0 rings (SSSR count). The molecular formula is C12H23FN2O4. The van der Waals surface area contributed by atoms with Crippen LogP contribution in [0.5, 0.6) is 0 Å². The number of ether oxygens (including phenoxy) is 1. The van der Waals surface area contributed by atoms with Gasteiger partial charge in [-0.1, -0.05) is 0 Å². The quantitative estimate of drug-likeness (QED) is 0.794. The van der Waals surface area contributed by atoms with E-state index >= 15 is 0 Å². The third-order valence-electron chi connectivity index (χ3n) is 2.18. The van der Waals surface area contributed by atoms with Crippen molar-refractivity contribution < 1.29 is 23.6 Å². The molecule has 0 aromatic rings. The average Bonchev–Trinajstić information content (AvgIpc) is 2.19. The minimum atomic E-state index is -1.96. The fourth-order valence-electron chi connectivity index (χ4n) is 1.22. The van der Waals surface area contributed by atoms with E-state index in [1.54, 1.807) is 20.8 Å². The zero-order valence-corrected chi connectivity index (χ0v) is 12.5. The lowest BCUT2D eigenvalue weighted by molar-refractivity contribution is -0.174. The van der Waals surface area contributed by atoms with Crippen molar-refractivity contribution in [3.63, 3.8) is 0 Å². The Morgan fingerprint density at radius 2 is 1.68 bits per heavy atom. The molecule has 0 aliphatic carbocycles. The van der Waals surface area contributed by atoms with Crippen LogP contribution in [0, 0.1) is 0 Å². The van der Waals surface area contributed by atoms with Crippen LogP contribution in [0.15, 0.2) is 0 Å². The maximum Gasteiger partial charge on any atom is 0.408 e. The number of likely N-dealkylation sites (N-methyl/N-ethyl adjacent to an activating group) is 1. The summed E-state index contributed by atoms with van der Waals surface area (Å²) in [6.45, 7) is 7.40. The van der Waals surface area contributed by atoms with Crippen molar-refractivity contribution >= 4 is 12.0 Å². The van der Waals surface area contributed by atoms with Crippen LogP contribution in [0.3, 0.4) is 0 Å². The molecule has 1 unspecified atom stereocenters. The van der Waals surface area contributed by atoms with E-state index in [0.29, 0.717) is 0 Å². The van der Waals surface area contributed by atoms with Gasteiger partial charge in [0, 0.05) is 7.05 Å². The van der Waals surface area contributed by atoms with Crippen LogP contribution in [0.2, 0.25) is 0 Å². The SMILES string of the molecule is CON(C)C(=O)C(NC(=O)OC(C)(C)C)C(C)(C)F. The van der Waals surface area contributed by atoms with Crippen molar-refractivity contribution in [3.8, 4) is 0 Å². The largest absolute Gasteiger partial charge is 0.444 e. The molecular weight excluding hydrogens is 255 g/mol. The first-order valence-electron chi connectivity index (χ1n) is 5.88. The van der Waals surface area contributed by atoms with Crippen molar-refractivity contribution in [3.05, 3.63) is 0 Å². The van der Waals surface area contributed by atoms with Gasteiger partial charge in [0.2, 0.25) is 0 Å². The lowest BCUT2D eigenvalue weighted by Crippen LogP contribution is -2.56. The van der Waals surface area contributed by atoms with Gasteiger partial charge in [0.15, 0.2) is 0 Å². The number of halogens is 1. The Bertz CT molecular complexity index is 334. The number of hydrogen-bond acceptors (Lipinski definition) is 4. The Hall–Kier alpha value is -1.37. The van der Waals surface area contributed by atoms with Crippen LogP contribution >= 0.6 is 0 Å². The molecule has 6 nitrogen and oxygen atoms in total. The Balaban J connectivity index is 4.91. The molecule has 1 N–H and O–H groups in total. The monoisotopic (exact) mass is 278 g/mol. The molecule has 0 aliphatic heterocycles. The van der Waals surface area contributed by atoms with Crippen LogP contribution in [0.1, 0.15) is 34.6 Å². The Morgan fingerprint density at radius 1 is 1.21 bits per heavy atom. The lowest BCUT2D eigenvalue weighted by atomic mass is 10.0. The van der Waals surface area contributed by atoms with Gasteiger partial charge in [0.25, 0.3) is 5.91 Å². The summed E-state index contributed by atoms with van der Waals surface area (Å²) in [5.74, 6) is -0.708. The van der Waals surface area contributed by atoms with Crippen LogP contribution in [-0.4, -0.2) is 48.5 Å². The fourth-order valence-corrected chi connectivity index (χ4v) is 1.22. The standard InChI is InChI=1S/C12H23FN2O4/c1-11(2,3)19-10(17)14-8(12(4,5)13)9(16)15(6)18-7/h8H,1-7H3,(H,14,17). The molecule has 0 heterocycles. The molecule has 0 aromatic carbocycles. The van der Waals surface area contributed by atoms with E-state index < -0.39 is 29.3 Å². The van der Waals surface area contributed by atoms with Gasteiger partial charge in [-0.3, -0.25) is 9.63 Å². The second-order valence-electron chi connectivity index (χ2n) is 5.66. The summed E-state index contributed by atoms with van der Waals surface area (Å²) in [6, 6.07) is -1.40. The number of hydrogen-bond donors (Lipinski definition) is 1. The zero-order chi connectivity index (χ0) is 15.4. The topological polar surface area (TPSA) is 67.9 Å². The van der Waals surface area contributed by atoms with Crippen molar-refractivity contribution in [2.24, 2.45) is 0 Å². The van der Waals surface area contributed by atoms with Gasteiger partial charge in [-0.25, -0.2) is 14.2 Å². The van der Waals surface area contributed by atoms with Gasteiger partial charge in [-0.05, 0) is 34.6 Å². The maximum atomic E-state index is 14.0. The normalized spacial score (nSPS) is 13.7. The molecule has 0 fully saturated rings. The van der Waals surface area contributed by atoms with Crippen LogP contribution in [-0.2, 0) is 14.4 Å². The molecule has 0 saturated heterocycles. The van der Waals surface area contributed by atoms with E-state index in [0.717, 1.165) is 5.06 Å². The van der Waals surface area contributed by atoms with Crippen molar-refractivity contribution in [2.45, 2.75) is 51.9 Å². The summed E-state index contributed by atoms with van der Waals surface area (Å²) in [4.78, 5) is 28.2. The number of carbonyl (C=O) groups is 2. The molecule has 112 valence electrons. The number of nitrogens with zero attached hydrogens (tertiary/aromatic N) is 1. The van der Waals surface area contributed by atoms with Crippen molar-refractivity contribution in [1.29, 1.82) is 0 Å². The van der Waals surface area contributed by atoms with E-state index in [9.17, 15) is 14.0 Å². The Labute approximate surface area is 113 Å². The minimum Gasteiger partial charge on any atom is -0.444 e. The summed E-state index contributed by atoms with van der Waals surface area (Å²) in [6.07, 6.45) is -0.860. The van der Waals surface area contributed by atoms with Gasteiger partial charge in [-0.15, -0.1) is 0 Å². The number of rotatable bonds is 4. The highest BCUT2D eigenvalue weighted by Gasteiger charge is 2.39. The van der Waals surface area contributed by atoms with E-state index in [1.807, 2.05) is 0 Å². The van der Waals surface area contributed by atoms with Crippen molar-refractivity contribution in [2.75, 3.05) is 14.2 Å². The molecule has 0 aromatic heterocycles. The third kappa shape index (κ3) is 6.37. The maximum absolute atomic E-state index is 14.0. The summed E-state index contributed by atoms with van der Waals surface area (Å²) < 4.78 is 19.0. The van der Waals surface area contributed by atoms with Gasteiger partial charge >= 0.3 is 6.09 Å². The van der Waals surface area contributed by atoms with E-state index in [4.69, 9.17) is 9.57 Å². The summed E-state index contributed by atoms with van der Waals surface area (Å²) in [5.41, 5.74) is -2.69. The van der Waals surface area contributed by atoms with Gasteiger partial charge in [0.1, 0.15) is 17.3 Å². The number of amides is 2. The first-order chi connectivity index (χ1) is 8.38. The molecule has 0 spiro atoms. The van der Waals surface area contributed by atoms with Crippen LogP contribution in [0.25, 0.3) is 0 Å². The molecule has 0 saturated carbocycles. The number of nitrogens with one attached hydrogen (secondary N) is 1. The van der Waals surface area contributed by atoms with Crippen LogP contribution < -0.4 is 5.32 Å². The first-order valence-corrected chi connectivity index (χ1v) is 5.88. The third-order valence-corrected chi connectivity index (χ3v) is 2.18. The molecule has 19 heavy (non-hydrogen) atoms. The Morgan fingerprint density at radius 3 is 2.00 bits per heavy atom. The summed E-state index contributed by atoms with van der Waals surface area (Å²) in [7, 11) is 2.60. The number of alkyl halides is 1. The van der Waals surface area contributed by atoms with Crippen molar-refractivity contribution in [1.82, 2.24) is 10.4 Å². The minimum absolute atomic E-state index is 0.708. The summed E-state index contributed by atoms with van der Waals surface area (Å²) in [5, 5.41) is 3.07. The highest BCUT2D eigenvalue weighted by molar-refractivity contribution is 5.86. The molecule has 2 amide bonds. The smallest absolute Gasteiger partial charge is 0.408 e. The Kier molecular flexibility index (Phi) is 5.74. The molecule has 1 atom stereocenters. The second kappa shape index (κ2) is 6.18. The molecule has 7 heteroatoms. The predicted molar refractivity (Wildman–Crippen MR) is 68.1 cm³/mol. The summed E-state index contributed by atoms with van der Waals surface area (Å²) >= 11 is 0.